The van der Waals surface area contributed by atoms with Crippen LogP contribution in [-0.2, 0) is 0 Å². The molecular weight excluding hydrogens is 510 g/mol. The molecule has 0 bridgehead atoms. The van der Waals surface area contributed by atoms with Gasteiger partial charge in [-0.1, -0.05) is 0 Å². The van der Waals surface area contributed by atoms with Gasteiger partial charge in [0.25, 0.3) is 0 Å². The number of halogens is 8. The van der Waals surface area contributed by atoms with E-state index in [1.807, 2.05) is 0 Å². The Morgan fingerprint density at radius 1 is 0.704 bits per heavy atom. The first-order chi connectivity index (χ1) is 12.5. The number of benzene rings is 2. The van der Waals surface area contributed by atoms with Crippen LogP contribution in [-0.4, -0.2) is 12.2 Å². The van der Waals surface area contributed by atoms with Crippen LogP contribution >= 0.6 is 31.9 Å². The zero-order valence-electron chi connectivity index (χ0n) is 13.9. The van der Waals surface area contributed by atoms with E-state index in [2.05, 4.69) is 31.9 Å². The van der Waals surface area contributed by atoms with Crippen molar-refractivity contribution in [3.8, 4) is 11.5 Å². The van der Waals surface area contributed by atoms with Crippen LogP contribution in [0.1, 0.15) is 20.3 Å². The van der Waals surface area contributed by atoms with Crippen molar-refractivity contribution in [1.29, 1.82) is 0 Å². The first-order valence-electron chi connectivity index (χ1n) is 7.52. The quantitative estimate of drug-likeness (QED) is 0.240. The molecule has 0 radical (unpaired) electrons. The molecule has 0 fully saturated rings. The summed E-state index contributed by atoms with van der Waals surface area (Å²) in [6.07, 6.45) is -1.22. The van der Waals surface area contributed by atoms with Gasteiger partial charge in [0.05, 0.1) is 21.2 Å². The molecule has 0 saturated carbocycles. The molecule has 2 atom stereocenters. The monoisotopic (exact) mass is 520 g/mol. The summed E-state index contributed by atoms with van der Waals surface area (Å²) in [6.45, 7) is 3.10. The first kappa shape index (κ1) is 21.9. The zero-order valence-corrected chi connectivity index (χ0v) is 17.0. The van der Waals surface area contributed by atoms with Crippen LogP contribution in [0, 0.1) is 34.9 Å². The summed E-state index contributed by atoms with van der Waals surface area (Å²) in [4.78, 5) is 0. The molecule has 2 nitrogen and oxygen atoms in total. The lowest BCUT2D eigenvalue weighted by molar-refractivity contribution is 0.128. The Hall–Kier alpha value is -1.42. The number of rotatable bonds is 6. The summed E-state index contributed by atoms with van der Waals surface area (Å²) >= 11 is 5.57. The maximum atomic E-state index is 13.5. The van der Waals surface area contributed by atoms with Gasteiger partial charge < -0.3 is 9.47 Å². The molecule has 2 aromatic carbocycles. The highest BCUT2D eigenvalue weighted by Gasteiger charge is 2.22. The van der Waals surface area contributed by atoms with Crippen LogP contribution < -0.4 is 9.47 Å². The highest BCUT2D eigenvalue weighted by molar-refractivity contribution is 9.11. The molecule has 2 aromatic rings. The highest BCUT2D eigenvalue weighted by Crippen LogP contribution is 2.34. The Kier molecular flexibility index (Phi) is 7.07. The maximum Gasteiger partial charge on any atom is 0.195 e. The van der Waals surface area contributed by atoms with Crippen molar-refractivity contribution in [3.05, 3.63) is 56.0 Å². The van der Waals surface area contributed by atoms with Crippen LogP contribution in [0.2, 0.25) is 0 Å². The number of hydrogen-bond donors (Lipinski definition) is 0. The molecule has 0 aliphatic rings. The van der Waals surface area contributed by atoms with Gasteiger partial charge in [-0.15, -0.1) is 0 Å². The molecule has 0 aromatic heterocycles. The van der Waals surface area contributed by atoms with Gasteiger partial charge in [-0.05, 0) is 45.7 Å². The fraction of sp³-hybridized carbons (Fsp3) is 0.294. The normalized spacial score (nSPS) is 13.4. The maximum absolute atomic E-state index is 13.5. The van der Waals surface area contributed by atoms with E-state index in [1.54, 1.807) is 13.8 Å². The lowest BCUT2D eigenvalue weighted by Gasteiger charge is -2.21. The van der Waals surface area contributed by atoms with Crippen molar-refractivity contribution in [2.45, 2.75) is 32.5 Å². The smallest absolute Gasteiger partial charge is 0.195 e. The van der Waals surface area contributed by atoms with Gasteiger partial charge in [0, 0.05) is 18.6 Å². The summed E-state index contributed by atoms with van der Waals surface area (Å²) in [5.41, 5.74) is 0. The van der Waals surface area contributed by atoms with E-state index < -0.39 is 47.1 Å². The lowest BCUT2D eigenvalue weighted by Crippen LogP contribution is -2.23. The molecule has 2 rings (SSSR count). The molecule has 10 heteroatoms. The molecule has 0 aliphatic heterocycles. The second-order valence-electron chi connectivity index (χ2n) is 5.69. The SMILES string of the molecule is CC(C[C@@H](C)Oc1cc(F)c(F)c(F)c1Br)Oc1cc(F)c(F)c(F)c1Br. The van der Waals surface area contributed by atoms with Crippen LogP contribution in [0.5, 0.6) is 11.5 Å². The third kappa shape index (κ3) is 4.90. The summed E-state index contributed by atoms with van der Waals surface area (Å²) in [5.74, 6) is -9.47. The predicted molar refractivity (Wildman–Crippen MR) is 92.8 cm³/mol. The molecule has 27 heavy (non-hydrogen) atoms. The summed E-state index contributed by atoms with van der Waals surface area (Å²) < 4.78 is 90.0. The molecule has 0 aliphatic carbocycles. The van der Waals surface area contributed by atoms with Gasteiger partial charge in [0.15, 0.2) is 34.9 Å². The average molecular weight is 522 g/mol. The molecular formula is C17H12Br2F6O2. The molecule has 0 heterocycles. The Balaban J connectivity index is 2.08. The van der Waals surface area contributed by atoms with E-state index in [9.17, 15) is 26.3 Å². The van der Waals surface area contributed by atoms with Crippen LogP contribution in [0.3, 0.4) is 0 Å². The van der Waals surface area contributed by atoms with E-state index in [0.717, 1.165) is 0 Å². The van der Waals surface area contributed by atoms with E-state index in [4.69, 9.17) is 9.47 Å². The molecule has 0 amide bonds. The first-order valence-corrected chi connectivity index (χ1v) is 9.10. The van der Waals surface area contributed by atoms with E-state index >= 15 is 0 Å². The van der Waals surface area contributed by atoms with Gasteiger partial charge >= 0.3 is 0 Å². The minimum Gasteiger partial charge on any atom is -0.489 e. The van der Waals surface area contributed by atoms with Crippen molar-refractivity contribution in [2.24, 2.45) is 0 Å². The second kappa shape index (κ2) is 8.72. The average Bonchev–Trinajstić information content (AvgIpc) is 2.60. The van der Waals surface area contributed by atoms with E-state index in [-0.39, 0.29) is 26.9 Å². The van der Waals surface area contributed by atoms with Crippen LogP contribution in [0.25, 0.3) is 0 Å². The standard InChI is InChI=1S/C17H12Br2F6O2/c1-6(26-10-4-8(20)14(22)16(24)12(10)18)3-7(2)27-11-5-9(21)15(23)17(25)13(11)19/h4-7H,3H2,1-2H3/t6-,7?/m1/s1. The van der Waals surface area contributed by atoms with Gasteiger partial charge in [0.2, 0.25) is 0 Å². The summed E-state index contributed by atoms with van der Waals surface area (Å²) in [7, 11) is 0. The predicted octanol–water partition coefficient (Wildman–Crippen LogP) is 6.67. The topological polar surface area (TPSA) is 18.5 Å². The molecule has 1 unspecified atom stereocenters. The summed E-state index contributed by atoms with van der Waals surface area (Å²) in [6, 6.07) is 1.37. The van der Waals surface area contributed by atoms with Crippen molar-refractivity contribution in [2.75, 3.05) is 0 Å². The van der Waals surface area contributed by atoms with Crippen LogP contribution in [0.4, 0.5) is 26.3 Å². The largest absolute Gasteiger partial charge is 0.489 e. The van der Waals surface area contributed by atoms with Gasteiger partial charge in [-0.2, -0.15) is 0 Å². The van der Waals surface area contributed by atoms with Crippen molar-refractivity contribution < 1.29 is 35.8 Å². The molecule has 0 saturated heterocycles. The van der Waals surface area contributed by atoms with Gasteiger partial charge in [0.1, 0.15) is 11.5 Å². The van der Waals surface area contributed by atoms with Crippen LogP contribution in [0.15, 0.2) is 21.1 Å². The zero-order chi connectivity index (χ0) is 20.5. The summed E-state index contributed by atoms with van der Waals surface area (Å²) in [5, 5.41) is 0. The third-order valence-electron chi connectivity index (χ3n) is 3.46. The Labute approximate surface area is 167 Å². The van der Waals surface area contributed by atoms with Gasteiger partial charge in [-0.25, -0.2) is 26.3 Å². The Bertz CT molecular complexity index is 793. The van der Waals surface area contributed by atoms with Gasteiger partial charge in [-0.3, -0.25) is 0 Å². The van der Waals surface area contributed by atoms with E-state index in [1.165, 1.54) is 0 Å². The second-order valence-corrected chi connectivity index (χ2v) is 7.28. The minimum absolute atomic E-state index is 0.125. The highest BCUT2D eigenvalue weighted by atomic mass is 79.9. The van der Waals surface area contributed by atoms with Crippen molar-refractivity contribution in [1.82, 2.24) is 0 Å². The Morgan fingerprint density at radius 3 is 1.37 bits per heavy atom. The van der Waals surface area contributed by atoms with Crippen molar-refractivity contribution in [3.63, 3.8) is 0 Å². The molecule has 148 valence electrons. The number of hydrogen-bond acceptors (Lipinski definition) is 2. The third-order valence-corrected chi connectivity index (χ3v) is 4.94. The Morgan fingerprint density at radius 2 is 1.04 bits per heavy atom. The lowest BCUT2D eigenvalue weighted by atomic mass is 10.2. The molecule has 0 N–H and O–H groups in total. The fourth-order valence-electron chi connectivity index (χ4n) is 2.27. The van der Waals surface area contributed by atoms with E-state index in [0.29, 0.717) is 12.1 Å². The van der Waals surface area contributed by atoms with Crippen molar-refractivity contribution >= 4 is 31.9 Å². The minimum atomic E-state index is -1.64. The number of ether oxygens (including phenoxy) is 2. The fourth-order valence-corrected chi connectivity index (χ4v) is 3.03. The molecule has 0 spiro atoms.